The topological polar surface area (TPSA) is 101 Å². The Bertz CT molecular complexity index is 770. The molecule has 0 spiro atoms. The SMILES string of the molecule is Cn1cc(NS(=O)(=O)c2ccc(C(=O)O)cc2F)cn1. The third kappa shape index (κ3) is 2.77. The number of nitrogens with one attached hydrogen (secondary N) is 1. The van der Waals surface area contributed by atoms with E-state index in [-0.39, 0.29) is 11.3 Å². The number of sulfonamides is 1. The predicted octanol–water partition coefficient (Wildman–Crippen LogP) is 1.06. The van der Waals surface area contributed by atoms with Gasteiger partial charge in [0.15, 0.2) is 0 Å². The third-order valence-corrected chi connectivity index (χ3v) is 3.84. The molecule has 0 unspecified atom stereocenters. The maximum atomic E-state index is 13.7. The number of anilines is 1. The van der Waals surface area contributed by atoms with Crippen molar-refractivity contribution in [3.05, 3.63) is 42.0 Å². The van der Waals surface area contributed by atoms with Crippen LogP contribution in [0.2, 0.25) is 0 Å². The molecule has 0 amide bonds. The van der Waals surface area contributed by atoms with Crippen LogP contribution in [0.25, 0.3) is 0 Å². The second kappa shape index (κ2) is 4.93. The van der Waals surface area contributed by atoms with Gasteiger partial charge in [-0.3, -0.25) is 9.40 Å². The zero-order valence-electron chi connectivity index (χ0n) is 10.2. The Morgan fingerprint density at radius 2 is 2.15 bits per heavy atom. The monoisotopic (exact) mass is 299 g/mol. The summed E-state index contributed by atoms with van der Waals surface area (Å²) in [7, 11) is -2.55. The third-order valence-electron chi connectivity index (χ3n) is 2.43. The summed E-state index contributed by atoms with van der Waals surface area (Å²) in [4.78, 5) is 10.0. The van der Waals surface area contributed by atoms with Crippen LogP contribution in [0.5, 0.6) is 0 Å². The van der Waals surface area contributed by atoms with Crippen molar-refractivity contribution in [1.29, 1.82) is 0 Å². The molecule has 1 aromatic carbocycles. The largest absolute Gasteiger partial charge is 0.478 e. The molecule has 106 valence electrons. The molecule has 1 aromatic heterocycles. The van der Waals surface area contributed by atoms with Crippen molar-refractivity contribution in [2.45, 2.75) is 4.90 Å². The molecule has 0 atom stereocenters. The van der Waals surface area contributed by atoms with Crippen molar-refractivity contribution in [3.63, 3.8) is 0 Å². The van der Waals surface area contributed by atoms with Gasteiger partial charge in [0.05, 0.1) is 17.4 Å². The minimum atomic E-state index is -4.14. The summed E-state index contributed by atoms with van der Waals surface area (Å²) in [5, 5.41) is 12.5. The zero-order chi connectivity index (χ0) is 14.9. The van der Waals surface area contributed by atoms with Crippen molar-refractivity contribution < 1.29 is 22.7 Å². The Balaban J connectivity index is 2.37. The maximum Gasteiger partial charge on any atom is 0.335 e. The van der Waals surface area contributed by atoms with Crippen molar-refractivity contribution in [2.75, 3.05) is 4.72 Å². The van der Waals surface area contributed by atoms with E-state index in [4.69, 9.17) is 5.11 Å². The van der Waals surface area contributed by atoms with E-state index in [9.17, 15) is 17.6 Å². The van der Waals surface area contributed by atoms with Gasteiger partial charge in [-0.1, -0.05) is 0 Å². The van der Waals surface area contributed by atoms with E-state index < -0.39 is 26.7 Å². The van der Waals surface area contributed by atoms with Crippen molar-refractivity contribution in [3.8, 4) is 0 Å². The number of carboxylic acid groups (broad SMARTS) is 1. The fourth-order valence-electron chi connectivity index (χ4n) is 1.54. The molecule has 0 aliphatic heterocycles. The summed E-state index contributed by atoms with van der Waals surface area (Å²) in [6, 6.07) is 2.57. The van der Waals surface area contributed by atoms with E-state index >= 15 is 0 Å². The molecule has 2 rings (SSSR count). The number of aromatic carboxylic acids is 1. The lowest BCUT2D eigenvalue weighted by Gasteiger charge is -2.07. The number of aryl methyl sites for hydroxylation is 1. The highest BCUT2D eigenvalue weighted by molar-refractivity contribution is 7.92. The van der Waals surface area contributed by atoms with Crippen LogP contribution in [0.3, 0.4) is 0 Å². The Kier molecular flexibility index (Phi) is 3.45. The molecule has 0 bridgehead atoms. The van der Waals surface area contributed by atoms with Gasteiger partial charge in [0.2, 0.25) is 0 Å². The van der Waals surface area contributed by atoms with Crippen LogP contribution in [0.1, 0.15) is 10.4 Å². The molecule has 9 heteroatoms. The van der Waals surface area contributed by atoms with Gasteiger partial charge in [-0.05, 0) is 18.2 Å². The summed E-state index contributed by atoms with van der Waals surface area (Å²) < 4.78 is 41.2. The molecule has 7 nitrogen and oxygen atoms in total. The molecule has 2 aromatic rings. The standard InChI is InChI=1S/C11H10FN3O4S/c1-15-6-8(5-13-15)14-20(18,19)10-3-2-7(11(16)17)4-9(10)12/h2-6,14H,1H3,(H,16,17). The zero-order valence-corrected chi connectivity index (χ0v) is 11.1. The van der Waals surface area contributed by atoms with Gasteiger partial charge in [-0.15, -0.1) is 0 Å². The number of benzene rings is 1. The molecular weight excluding hydrogens is 289 g/mol. The first-order valence-corrected chi connectivity index (χ1v) is 6.82. The maximum absolute atomic E-state index is 13.7. The van der Waals surface area contributed by atoms with Gasteiger partial charge >= 0.3 is 5.97 Å². The molecule has 0 aliphatic carbocycles. The van der Waals surface area contributed by atoms with Crippen LogP contribution < -0.4 is 4.72 Å². The lowest BCUT2D eigenvalue weighted by Crippen LogP contribution is -2.14. The van der Waals surface area contributed by atoms with Gasteiger partial charge in [0.1, 0.15) is 10.7 Å². The number of halogens is 1. The van der Waals surface area contributed by atoms with Gasteiger partial charge in [0, 0.05) is 13.2 Å². The number of hydrogen-bond donors (Lipinski definition) is 2. The van der Waals surface area contributed by atoms with E-state index in [1.54, 1.807) is 7.05 Å². The molecule has 0 fully saturated rings. The first-order valence-electron chi connectivity index (χ1n) is 5.34. The van der Waals surface area contributed by atoms with E-state index in [0.717, 1.165) is 12.1 Å². The Labute approximate surface area is 113 Å². The van der Waals surface area contributed by atoms with Gasteiger partial charge < -0.3 is 5.11 Å². The number of nitrogens with zero attached hydrogens (tertiary/aromatic N) is 2. The summed E-state index contributed by atoms with van der Waals surface area (Å²) >= 11 is 0. The van der Waals surface area contributed by atoms with Crippen LogP contribution >= 0.6 is 0 Å². The average molecular weight is 299 g/mol. The number of aromatic nitrogens is 2. The second-order valence-electron chi connectivity index (χ2n) is 3.96. The summed E-state index contributed by atoms with van der Waals surface area (Å²) in [5.41, 5.74) is -0.156. The first-order chi connectivity index (χ1) is 9.29. The Morgan fingerprint density at radius 1 is 1.45 bits per heavy atom. The molecule has 1 heterocycles. The van der Waals surface area contributed by atoms with Crippen LogP contribution in [-0.4, -0.2) is 29.3 Å². The smallest absolute Gasteiger partial charge is 0.335 e. The summed E-state index contributed by atoms with van der Waals surface area (Å²) in [6.07, 6.45) is 2.67. The minimum absolute atomic E-state index is 0.175. The lowest BCUT2D eigenvalue weighted by molar-refractivity contribution is 0.0696. The summed E-state index contributed by atoms with van der Waals surface area (Å²) in [5.74, 6) is -2.48. The first kappa shape index (κ1) is 14.0. The van der Waals surface area contributed by atoms with E-state index in [1.807, 2.05) is 0 Å². The van der Waals surface area contributed by atoms with Crippen LogP contribution in [0.4, 0.5) is 10.1 Å². The fourth-order valence-corrected chi connectivity index (χ4v) is 2.62. The molecular formula is C11H10FN3O4S. The quantitative estimate of drug-likeness (QED) is 0.879. The van der Waals surface area contributed by atoms with Crippen LogP contribution in [0.15, 0.2) is 35.5 Å². The minimum Gasteiger partial charge on any atom is -0.478 e. The predicted molar refractivity (Wildman–Crippen MR) is 67.4 cm³/mol. The van der Waals surface area contributed by atoms with Gasteiger partial charge in [0.25, 0.3) is 10.0 Å². The van der Waals surface area contributed by atoms with Crippen LogP contribution in [-0.2, 0) is 17.1 Å². The highest BCUT2D eigenvalue weighted by atomic mass is 32.2. The number of carbonyl (C=O) groups is 1. The highest BCUT2D eigenvalue weighted by Gasteiger charge is 2.21. The number of rotatable bonds is 4. The van der Waals surface area contributed by atoms with E-state index in [0.29, 0.717) is 6.07 Å². The Hall–Kier alpha value is -2.42. The van der Waals surface area contributed by atoms with Crippen molar-refractivity contribution in [1.82, 2.24) is 9.78 Å². The van der Waals surface area contributed by atoms with Crippen molar-refractivity contribution >= 4 is 21.7 Å². The highest BCUT2D eigenvalue weighted by Crippen LogP contribution is 2.19. The molecule has 20 heavy (non-hydrogen) atoms. The van der Waals surface area contributed by atoms with Gasteiger partial charge in [-0.25, -0.2) is 17.6 Å². The average Bonchev–Trinajstić information content (AvgIpc) is 2.73. The molecule has 0 radical (unpaired) electrons. The number of carboxylic acids is 1. The second-order valence-corrected chi connectivity index (χ2v) is 5.61. The molecule has 0 saturated carbocycles. The van der Waals surface area contributed by atoms with E-state index in [1.165, 1.54) is 17.1 Å². The van der Waals surface area contributed by atoms with Crippen molar-refractivity contribution in [2.24, 2.45) is 7.05 Å². The number of hydrogen-bond acceptors (Lipinski definition) is 4. The Morgan fingerprint density at radius 3 is 2.65 bits per heavy atom. The molecule has 0 aliphatic rings. The van der Waals surface area contributed by atoms with E-state index in [2.05, 4.69) is 9.82 Å². The molecule has 2 N–H and O–H groups in total. The molecule has 0 saturated heterocycles. The fraction of sp³-hybridized carbons (Fsp3) is 0.0909. The van der Waals surface area contributed by atoms with Crippen LogP contribution in [0, 0.1) is 5.82 Å². The summed E-state index contributed by atoms with van der Waals surface area (Å²) in [6.45, 7) is 0. The normalized spacial score (nSPS) is 11.3. The van der Waals surface area contributed by atoms with Gasteiger partial charge in [-0.2, -0.15) is 5.10 Å². The lowest BCUT2D eigenvalue weighted by atomic mass is 10.2.